The predicted octanol–water partition coefficient (Wildman–Crippen LogP) is 7.78. The van der Waals surface area contributed by atoms with Gasteiger partial charge in [0.25, 0.3) is 5.91 Å². The van der Waals surface area contributed by atoms with E-state index in [-0.39, 0.29) is 27.8 Å². The number of anilines is 2. The molecular formula is C26H24ClF3N4OS2. The summed E-state index contributed by atoms with van der Waals surface area (Å²) in [6.45, 7) is 0. The van der Waals surface area contributed by atoms with Gasteiger partial charge in [0.05, 0.1) is 10.6 Å². The molecular weight excluding hydrogens is 541 g/mol. The molecule has 1 aliphatic rings. The van der Waals surface area contributed by atoms with Crippen molar-refractivity contribution >= 4 is 58.0 Å². The highest BCUT2D eigenvalue weighted by Gasteiger charge is 2.33. The van der Waals surface area contributed by atoms with Gasteiger partial charge < -0.3 is 16.0 Å². The van der Waals surface area contributed by atoms with Crippen molar-refractivity contribution in [1.29, 1.82) is 0 Å². The van der Waals surface area contributed by atoms with E-state index in [4.69, 9.17) is 23.8 Å². The lowest BCUT2D eigenvalue weighted by atomic mass is 9.95. The van der Waals surface area contributed by atoms with Gasteiger partial charge in [-0.05, 0) is 79.7 Å². The van der Waals surface area contributed by atoms with Crippen LogP contribution in [0.5, 0.6) is 0 Å². The summed E-state index contributed by atoms with van der Waals surface area (Å²) in [5, 5.41) is 8.54. The molecule has 3 aromatic rings. The number of halogens is 4. The number of hydrogen-bond donors (Lipinski definition) is 3. The molecule has 5 nitrogen and oxygen atoms in total. The molecule has 1 aromatic heterocycles. The first-order valence-corrected chi connectivity index (χ1v) is 13.3. The van der Waals surface area contributed by atoms with Gasteiger partial charge in [-0.2, -0.15) is 13.2 Å². The number of alkyl halides is 3. The number of nitrogens with zero attached hydrogens (tertiary/aromatic N) is 1. The highest BCUT2D eigenvalue weighted by molar-refractivity contribution is 7.99. The van der Waals surface area contributed by atoms with Crippen molar-refractivity contribution in [1.82, 2.24) is 10.3 Å². The second-order valence-corrected chi connectivity index (χ2v) is 10.5. The molecule has 0 radical (unpaired) electrons. The van der Waals surface area contributed by atoms with E-state index in [1.54, 1.807) is 24.4 Å². The third-order valence-corrected chi connectivity index (χ3v) is 7.31. The van der Waals surface area contributed by atoms with Crippen LogP contribution in [0.25, 0.3) is 0 Å². The molecule has 4 rings (SSSR count). The van der Waals surface area contributed by atoms with Crippen LogP contribution >= 0.6 is 35.6 Å². The third-order valence-electron chi connectivity index (χ3n) is 5.78. The van der Waals surface area contributed by atoms with Gasteiger partial charge in [0.1, 0.15) is 5.69 Å². The molecule has 1 saturated carbocycles. The third kappa shape index (κ3) is 7.83. The Balaban J connectivity index is 1.33. The van der Waals surface area contributed by atoms with Crippen molar-refractivity contribution in [2.45, 2.75) is 54.1 Å². The van der Waals surface area contributed by atoms with Gasteiger partial charge >= 0.3 is 6.18 Å². The number of hydrogen-bond acceptors (Lipinski definition) is 4. The molecule has 1 aliphatic carbocycles. The largest absolute Gasteiger partial charge is 0.417 e. The molecule has 0 unspecified atom stereocenters. The Morgan fingerprint density at radius 3 is 2.32 bits per heavy atom. The lowest BCUT2D eigenvalue weighted by Gasteiger charge is -2.22. The molecule has 0 atom stereocenters. The van der Waals surface area contributed by atoms with Gasteiger partial charge in [0.2, 0.25) is 0 Å². The van der Waals surface area contributed by atoms with Crippen LogP contribution < -0.4 is 16.0 Å². The Labute approximate surface area is 227 Å². The van der Waals surface area contributed by atoms with E-state index in [0.717, 1.165) is 41.5 Å². The van der Waals surface area contributed by atoms with Crippen LogP contribution in [0.2, 0.25) is 5.02 Å². The normalized spacial score (nSPS) is 14.2. The summed E-state index contributed by atoms with van der Waals surface area (Å²) in [6, 6.07) is 14.7. The Morgan fingerprint density at radius 1 is 0.946 bits per heavy atom. The first-order valence-electron chi connectivity index (χ1n) is 11.7. The zero-order valence-corrected chi connectivity index (χ0v) is 22.0. The molecule has 0 spiro atoms. The average molecular weight is 565 g/mol. The number of nitrogens with one attached hydrogen (secondary N) is 3. The molecule has 1 heterocycles. The highest BCUT2D eigenvalue weighted by atomic mass is 35.5. The lowest BCUT2D eigenvalue weighted by molar-refractivity contribution is -0.137. The summed E-state index contributed by atoms with van der Waals surface area (Å²) in [4.78, 5) is 18.6. The molecule has 194 valence electrons. The molecule has 3 N–H and O–H groups in total. The van der Waals surface area contributed by atoms with Crippen molar-refractivity contribution in [2.24, 2.45) is 0 Å². The molecule has 1 fully saturated rings. The summed E-state index contributed by atoms with van der Waals surface area (Å²) < 4.78 is 39.2. The summed E-state index contributed by atoms with van der Waals surface area (Å²) in [6.07, 6.45) is 2.57. The average Bonchev–Trinajstić information content (AvgIpc) is 2.86. The smallest absolute Gasteiger partial charge is 0.348 e. The van der Waals surface area contributed by atoms with E-state index in [1.807, 2.05) is 18.2 Å². The van der Waals surface area contributed by atoms with Crippen molar-refractivity contribution in [3.63, 3.8) is 0 Å². The molecule has 37 heavy (non-hydrogen) atoms. The van der Waals surface area contributed by atoms with E-state index in [0.29, 0.717) is 11.4 Å². The monoisotopic (exact) mass is 564 g/mol. The van der Waals surface area contributed by atoms with E-state index < -0.39 is 11.7 Å². The highest BCUT2D eigenvalue weighted by Crippen LogP contribution is 2.36. The maximum absolute atomic E-state index is 13.1. The number of thiocarbonyl (C=S) groups is 1. The zero-order valence-electron chi connectivity index (χ0n) is 19.6. The second kappa shape index (κ2) is 12.1. The summed E-state index contributed by atoms with van der Waals surface area (Å²) in [5.41, 5.74) is 0.284. The van der Waals surface area contributed by atoms with Crippen LogP contribution in [0.4, 0.5) is 24.5 Å². The van der Waals surface area contributed by atoms with Crippen molar-refractivity contribution < 1.29 is 18.0 Å². The Morgan fingerprint density at radius 2 is 1.62 bits per heavy atom. The van der Waals surface area contributed by atoms with E-state index in [9.17, 15) is 18.0 Å². The molecule has 0 bridgehead atoms. The number of pyridine rings is 1. The quantitative estimate of drug-likeness (QED) is 0.266. The standard InChI is InChI=1S/C26H24ClF3N4OS2/c27-22-11-8-18(14-21(22)26(28,29)30)34-25(36)33-17-6-9-19(10-7-17)37-20-12-13-31-23(15-20)24(35)32-16-4-2-1-3-5-16/h6-16H,1-5H2,(H,32,35)(H2,33,34,36). The summed E-state index contributed by atoms with van der Waals surface area (Å²) in [5.74, 6) is -0.155. The zero-order chi connectivity index (χ0) is 26.4. The lowest BCUT2D eigenvalue weighted by Crippen LogP contribution is -2.36. The van der Waals surface area contributed by atoms with Gasteiger partial charge in [-0.15, -0.1) is 0 Å². The molecule has 0 aliphatic heterocycles. The first kappa shape index (κ1) is 27.2. The molecule has 1 amide bonds. The summed E-state index contributed by atoms with van der Waals surface area (Å²) in [7, 11) is 0. The summed E-state index contributed by atoms with van der Waals surface area (Å²) >= 11 is 12.4. The Hall–Kier alpha value is -2.82. The van der Waals surface area contributed by atoms with Crippen LogP contribution in [0.1, 0.15) is 48.2 Å². The fourth-order valence-electron chi connectivity index (χ4n) is 3.96. The fourth-order valence-corrected chi connectivity index (χ4v) is 5.27. The van der Waals surface area contributed by atoms with Crippen LogP contribution in [0, 0.1) is 0 Å². The fraction of sp³-hybridized carbons (Fsp3) is 0.269. The van der Waals surface area contributed by atoms with E-state index in [1.165, 1.54) is 30.3 Å². The van der Waals surface area contributed by atoms with Crippen molar-refractivity contribution in [3.8, 4) is 0 Å². The van der Waals surface area contributed by atoms with Crippen LogP contribution in [0.3, 0.4) is 0 Å². The topological polar surface area (TPSA) is 66.1 Å². The van der Waals surface area contributed by atoms with Gasteiger partial charge in [-0.1, -0.05) is 42.6 Å². The van der Waals surface area contributed by atoms with Crippen molar-refractivity contribution in [2.75, 3.05) is 10.6 Å². The maximum Gasteiger partial charge on any atom is 0.417 e. The number of amides is 1. The SMILES string of the molecule is O=C(NC1CCCCC1)c1cc(Sc2ccc(NC(=S)Nc3ccc(Cl)c(C(F)(F)F)c3)cc2)ccn1. The van der Waals surface area contributed by atoms with Crippen LogP contribution in [-0.4, -0.2) is 22.0 Å². The minimum atomic E-state index is -4.56. The van der Waals surface area contributed by atoms with Gasteiger partial charge in [0, 0.05) is 33.4 Å². The van der Waals surface area contributed by atoms with Gasteiger partial charge in [-0.25, -0.2) is 0 Å². The number of aromatic nitrogens is 1. The molecule has 11 heteroatoms. The van der Waals surface area contributed by atoms with Crippen LogP contribution in [-0.2, 0) is 6.18 Å². The Bertz CT molecular complexity index is 1270. The second-order valence-electron chi connectivity index (χ2n) is 8.58. The first-order chi connectivity index (χ1) is 17.7. The number of benzene rings is 2. The van der Waals surface area contributed by atoms with Crippen molar-refractivity contribution in [3.05, 3.63) is 77.1 Å². The van der Waals surface area contributed by atoms with Gasteiger partial charge in [-0.3, -0.25) is 9.78 Å². The van der Waals surface area contributed by atoms with Crippen LogP contribution in [0.15, 0.2) is 70.6 Å². The molecule has 2 aromatic carbocycles. The number of carbonyl (C=O) groups is 1. The molecule has 0 saturated heterocycles. The minimum Gasteiger partial charge on any atom is -0.348 e. The van der Waals surface area contributed by atoms with E-state index in [2.05, 4.69) is 20.9 Å². The van der Waals surface area contributed by atoms with E-state index >= 15 is 0 Å². The minimum absolute atomic E-state index is 0.138. The predicted molar refractivity (Wildman–Crippen MR) is 145 cm³/mol. The Kier molecular flexibility index (Phi) is 8.94. The maximum atomic E-state index is 13.1. The number of carbonyl (C=O) groups excluding carboxylic acids is 1. The van der Waals surface area contributed by atoms with Gasteiger partial charge in [0.15, 0.2) is 5.11 Å². The number of rotatable bonds is 6.